The Morgan fingerprint density at radius 3 is 2.52 bits per heavy atom. The van der Waals surface area contributed by atoms with Crippen LogP contribution in [-0.4, -0.2) is 50.9 Å². The van der Waals surface area contributed by atoms with Crippen LogP contribution in [0.1, 0.15) is 45.6 Å². The minimum absolute atomic E-state index is 0.183. The average molecular weight is 396 g/mol. The summed E-state index contributed by atoms with van der Waals surface area (Å²) in [5.74, 6) is -0.0533. The first-order chi connectivity index (χ1) is 12.7. The summed E-state index contributed by atoms with van der Waals surface area (Å²) in [6.45, 7) is 10.6. The van der Waals surface area contributed by atoms with Crippen LogP contribution in [0.25, 0.3) is 0 Å². The first-order valence-corrected chi connectivity index (χ1v) is 11.3. The van der Waals surface area contributed by atoms with Crippen molar-refractivity contribution in [3.63, 3.8) is 0 Å². The van der Waals surface area contributed by atoms with Crippen molar-refractivity contribution >= 4 is 15.9 Å². The first-order valence-electron chi connectivity index (χ1n) is 9.83. The molecule has 1 saturated heterocycles. The maximum Gasteiger partial charge on any atom is 0.241 e. The van der Waals surface area contributed by atoms with Gasteiger partial charge in [0.1, 0.15) is 6.04 Å². The summed E-state index contributed by atoms with van der Waals surface area (Å²) in [5, 5.41) is 2.97. The topological polar surface area (TPSA) is 78.5 Å². The predicted octanol–water partition coefficient (Wildman–Crippen LogP) is 2.29. The number of likely N-dealkylation sites (tertiary alicyclic amines) is 1. The summed E-state index contributed by atoms with van der Waals surface area (Å²) in [7, 11) is -3.74. The van der Waals surface area contributed by atoms with Crippen molar-refractivity contribution in [2.24, 2.45) is 5.92 Å². The van der Waals surface area contributed by atoms with Crippen molar-refractivity contribution in [3.05, 3.63) is 29.8 Å². The molecule has 6 nitrogen and oxygen atoms in total. The number of sulfonamides is 1. The molecule has 1 aliphatic heterocycles. The average Bonchev–Trinajstić information content (AvgIpc) is 3.06. The third-order valence-electron chi connectivity index (χ3n) is 5.07. The summed E-state index contributed by atoms with van der Waals surface area (Å²) < 4.78 is 28.0. The fourth-order valence-electron chi connectivity index (χ4n) is 3.54. The van der Waals surface area contributed by atoms with Gasteiger partial charge in [0.05, 0.1) is 4.90 Å². The zero-order valence-corrected chi connectivity index (χ0v) is 17.7. The zero-order valence-electron chi connectivity index (χ0n) is 16.9. The van der Waals surface area contributed by atoms with Gasteiger partial charge in [0, 0.05) is 12.6 Å². The molecule has 7 heteroatoms. The highest BCUT2D eigenvalue weighted by atomic mass is 32.2. The molecule has 0 aromatic heterocycles. The molecule has 2 rings (SSSR count). The van der Waals surface area contributed by atoms with Gasteiger partial charge in [-0.1, -0.05) is 38.5 Å². The van der Waals surface area contributed by atoms with Gasteiger partial charge in [0.2, 0.25) is 15.9 Å². The molecule has 1 aliphatic rings. The zero-order chi connectivity index (χ0) is 20.0. The standard InChI is InChI=1S/C20H33N3O3S/c1-5-23-12-6-7-17(23)14-21-20(24)19(13-15(2)3)22-27(25,26)18-10-8-16(4)9-11-18/h8-11,15,17,19,22H,5-7,12-14H2,1-4H3,(H,21,24). The number of likely N-dealkylation sites (N-methyl/N-ethyl adjacent to an activating group) is 1. The van der Waals surface area contributed by atoms with E-state index < -0.39 is 16.1 Å². The number of rotatable bonds is 9. The highest BCUT2D eigenvalue weighted by molar-refractivity contribution is 7.89. The van der Waals surface area contributed by atoms with Gasteiger partial charge in [-0.15, -0.1) is 0 Å². The number of carbonyl (C=O) groups is 1. The maximum atomic E-state index is 12.7. The third kappa shape index (κ3) is 6.30. The fraction of sp³-hybridized carbons (Fsp3) is 0.650. The number of nitrogens with zero attached hydrogens (tertiary/aromatic N) is 1. The Kier molecular flexibility index (Phi) is 7.82. The van der Waals surface area contributed by atoms with Crippen LogP contribution < -0.4 is 10.0 Å². The Labute approximate surface area is 163 Å². The summed E-state index contributed by atoms with van der Waals surface area (Å²) in [6, 6.07) is 6.22. The Balaban J connectivity index is 2.05. The van der Waals surface area contributed by atoms with Gasteiger partial charge < -0.3 is 5.32 Å². The summed E-state index contributed by atoms with van der Waals surface area (Å²) in [6.07, 6.45) is 2.67. The molecule has 27 heavy (non-hydrogen) atoms. The normalized spacial score (nSPS) is 19.4. The van der Waals surface area contributed by atoms with Crippen LogP contribution in [0.15, 0.2) is 29.2 Å². The Morgan fingerprint density at radius 2 is 1.93 bits per heavy atom. The number of nitrogens with one attached hydrogen (secondary N) is 2. The van der Waals surface area contributed by atoms with E-state index in [-0.39, 0.29) is 16.7 Å². The molecule has 152 valence electrons. The van der Waals surface area contributed by atoms with Crippen LogP contribution in [0.2, 0.25) is 0 Å². The van der Waals surface area contributed by atoms with Gasteiger partial charge >= 0.3 is 0 Å². The van der Waals surface area contributed by atoms with E-state index in [0.717, 1.165) is 31.5 Å². The largest absolute Gasteiger partial charge is 0.353 e. The first kappa shape index (κ1) is 21.9. The van der Waals surface area contributed by atoms with Crippen LogP contribution in [0.3, 0.4) is 0 Å². The molecule has 0 spiro atoms. The maximum absolute atomic E-state index is 12.7. The molecule has 1 heterocycles. The minimum atomic E-state index is -3.74. The molecule has 0 radical (unpaired) electrons. The smallest absolute Gasteiger partial charge is 0.241 e. The SMILES string of the molecule is CCN1CCCC1CNC(=O)C(CC(C)C)NS(=O)(=O)c1ccc(C)cc1. The van der Waals surface area contributed by atoms with Crippen molar-refractivity contribution < 1.29 is 13.2 Å². The van der Waals surface area contributed by atoms with E-state index in [1.807, 2.05) is 20.8 Å². The van der Waals surface area contributed by atoms with Gasteiger partial charge in [-0.05, 0) is 57.3 Å². The predicted molar refractivity (Wildman–Crippen MR) is 108 cm³/mol. The van der Waals surface area contributed by atoms with Crippen molar-refractivity contribution in [1.29, 1.82) is 0 Å². The van der Waals surface area contributed by atoms with Crippen LogP contribution in [-0.2, 0) is 14.8 Å². The van der Waals surface area contributed by atoms with E-state index in [1.54, 1.807) is 24.3 Å². The lowest BCUT2D eigenvalue weighted by molar-refractivity contribution is -0.123. The molecular weight excluding hydrogens is 362 g/mol. The van der Waals surface area contributed by atoms with Crippen molar-refractivity contribution in [2.75, 3.05) is 19.6 Å². The van der Waals surface area contributed by atoms with E-state index in [0.29, 0.717) is 19.0 Å². The quantitative estimate of drug-likeness (QED) is 0.672. The number of carbonyl (C=O) groups excluding carboxylic acids is 1. The highest BCUT2D eigenvalue weighted by Crippen LogP contribution is 2.16. The second-order valence-electron chi connectivity index (χ2n) is 7.79. The molecule has 1 aromatic rings. The van der Waals surface area contributed by atoms with E-state index in [1.165, 1.54) is 0 Å². The molecule has 0 aliphatic carbocycles. The van der Waals surface area contributed by atoms with Gasteiger partial charge in [-0.2, -0.15) is 4.72 Å². The van der Waals surface area contributed by atoms with E-state index >= 15 is 0 Å². The monoisotopic (exact) mass is 395 g/mol. The van der Waals surface area contributed by atoms with E-state index in [4.69, 9.17) is 0 Å². The number of aryl methyl sites for hydroxylation is 1. The number of hydrogen-bond donors (Lipinski definition) is 2. The molecule has 1 aromatic carbocycles. The molecule has 2 unspecified atom stereocenters. The fourth-order valence-corrected chi connectivity index (χ4v) is 4.75. The van der Waals surface area contributed by atoms with Gasteiger partial charge in [0.25, 0.3) is 0 Å². The Morgan fingerprint density at radius 1 is 1.26 bits per heavy atom. The minimum Gasteiger partial charge on any atom is -0.353 e. The molecule has 0 saturated carbocycles. The van der Waals surface area contributed by atoms with Crippen LogP contribution in [0, 0.1) is 12.8 Å². The highest BCUT2D eigenvalue weighted by Gasteiger charge is 2.28. The lowest BCUT2D eigenvalue weighted by Crippen LogP contribution is -2.50. The lowest BCUT2D eigenvalue weighted by atomic mass is 10.0. The van der Waals surface area contributed by atoms with E-state index in [9.17, 15) is 13.2 Å². The summed E-state index contributed by atoms with van der Waals surface area (Å²) >= 11 is 0. The summed E-state index contributed by atoms with van der Waals surface area (Å²) in [5.41, 5.74) is 0.988. The molecule has 1 amide bonds. The molecule has 1 fully saturated rings. The van der Waals surface area contributed by atoms with Crippen molar-refractivity contribution in [1.82, 2.24) is 14.9 Å². The Hall–Kier alpha value is -1.44. The van der Waals surface area contributed by atoms with Crippen molar-refractivity contribution in [3.8, 4) is 0 Å². The number of hydrogen-bond acceptors (Lipinski definition) is 4. The van der Waals surface area contributed by atoms with E-state index in [2.05, 4.69) is 21.9 Å². The second kappa shape index (κ2) is 9.66. The van der Waals surface area contributed by atoms with Gasteiger partial charge in [-0.3, -0.25) is 9.69 Å². The van der Waals surface area contributed by atoms with Gasteiger partial charge in [-0.25, -0.2) is 8.42 Å². The lowest BCUT2D eigenvalue weighted by Gasteiger charge is -2.25. The number of benzene rings is 1. The molecule has 0 bridgehead atoms. The Bertz CT molecular complexity index is 716. The molecule has 2 atom stereocenters. The van der Waals surface area contributed by atoms with Gasteiger partial charge in [0.15, 0.2) is 0 Å². The van der Waals surface area contributed by atoms with Crippen LogP contribution >= 0.6 is 0 Å². The molecular formula is C20H33N3O3S. The van der Waals surface area contributed by atoms with Crippen molar-refractivity contribution in [2.45, 2.75) is 63.9 Å². The third-order valence-corrected chi connectivity index (χ3v) is 6.56. The van der Waals surface area contributed by atoms with Crippen LogP contribution in [0.4, 0.5) is 0 Å². The number of amides is 1. The van der Waals surface area contributed by atoms with Crippen LogP contribution in [0.5, 0.6) is 0 Å². The second-order valence-corrected chi connectivity index (χ2v) is 9.50. The summed E-state index contributed by atoms with van der Waals surface area (Å²) in [4.78, 5) is 15.3. The molecule has 2 N–H and O–H groups in total.